The molecule has 1 aliphatic heterocycles. The molecule has 1 unspecified atom stereocenters. The van der Waals surface area contributed by atoms with Crippen molar-refractivity contribution in [3.8, 4) is 0 Å². The fourth-order valence-electron chi connectivity index (χ4n) is 3.22. The van der Waals surface area contributed by atoms with E-state index in [9.17, 15) is 9.59 Å². The summed E-state index contributed by atoms with van der Waals surface area (Å²) in [6.07, 6.45) is 0.868. The van der Waals surface area contributed by atoms with Gasteiger partial charge >= 0.3 is 0 Å². The minimum Gasteiger partial charge on any atom is -0.322 e. The number of hydrogen-bond acceptors (Lipinski definition) is 4. The van der Waals surface area contributed by atoms with E-state index in [1.54, 1.807) is 12.1 Å². The largest absolute Gasteiger partial charge is 0.322 e. The fraction of sp³-hybridized carbons (Fsp3) is 0.0870. The summed E-state index contributed by atoms with van der Waals surface area (Å²) >= 11 is 1.48. The third kappa shape index (κ3) is 3.93. The summed E-state index contributed by atoms with van der Waals surface area (Å²) in [5.41, 5.74) is 3.53. The summed E-state index contributed by atoms with van der Waals surface area (Å²) in [5.74, 6) is -0.712. The lowest BCUT2D eigenvalue weighted by atomic mass is 10.0. The maximum Gasteiger partial charge on any atom is 0.269 e. The van der Waals surface area contributed by atoms with Crippen molar-refractivity contribution >= 4 is 35.0 Å². The van der Waals surface area contributed by atoms with Crippen LogP contribution in [0.4, 0.5) is 5.69 Å². The van der Waals surface area contributed by atoms with Crippen molar-refractivity contribution in [2.75, 3.05) is 11.6 Å². The molecule has 0 saturated heterocycles. The normalized spacial score (nSPS) is 15.6. The van der Waals surface area contributed by atoms with Gasteiger partial charge in [-0.3, -0.25) is 9.59 Å². The Morgan fingerprint density at radius 1 is 0.966 bits per heavy atom. The molecular weight excluding hydrogens is 382 g/mol. The number of benzene rings is 3. The molecule has 3 aromatic rings. The van der Waals surface area contributed by atoms with Crippen LogP contribution in [-0.4, -0.2) is 29.9 Å². The quantitative estimate of drug-likeness (QED) is 0.650. The van der Waals surface area contributed by atoms with Crippen molar-refractivity contribution in [2.45, 2.75) is 11.1 Å². The zero-order valence-corrected chi connectivity index (χ0v) is 16.6. The first kappa shape index (κ1) is 19.0. The van der Waals surface area contributed by atoms with Crippen LogP contribution in [0.1, 0.15) is 21.5 Å². The summed E-state index contributed by atoms with van der Waals surface area (Å²) in [4.78, 5) is 31.2. The molecule has 6 heteroatoms. The van der Waals surface area contributed by atoms with Crippen LogP contribution in [0.2, 0.25) is 0 Å². The van der Waals surface area contributed by atoms with Crippen molar-refractivity contribution in [1.82, 2.24) is 5.32 Å². The number of anilines is 1. The molecule has 5 nitrogen and oxygen atoms in total. The van der Waals surface area contributed by atoms with Crippen molar-refractivity contribution < 1.29 is 9.59 Å². The molecule has 144 valence electrons. The Bertz CT molecular complexity index is 1100. The predicted octanol–water partition coefficient (Wildman–Crippen LogP) is 3.95. The number of fused-ring (bicyclic) bond motifs is 1. The number of nitrogens with zero attached hydrogens (tertiary/aromatic N) is 1. The zero-order chi connectivity index (χ0) is 20.2. The number of thioether (sulfide) groups is 1. The van der Waals surface area contributed by atoms with E-state index < -0.39 is 6.17 Å². The first-order chi connectivity index (χ1) is 14.2. The number of carbonyl (C=O) groups excluding carboxylic acids is 2. The molecule has 0 spiro atoms. The Kier molecular flexibility index (Phi) is 5.44. The van der Waals surface area contributed by atoms with Gasteiger partial charge < -0.3 is 10.6 Å². The molecule has 2 N–H and O–H groups in total. The minimum atomic E-state index is -1.04. The van der Waals surface area contributed by atoms with E-state index >= 15 is 0 Å². The van der Waals surface area contributed by atoms with E-state index in [2.05, 4.69) is 15.6 Å². The Hall–Kier alpha value is -3.38. The van der Waals surface area contributed by atoms with Gasteiger partial charge in [0.25, 0.3) is 11.8 Å². The highest BCUT2D eigenvalue weighted by Gasteiger charge is 2.27. The van der Waals surface area contributed by atoms with Gasteiger partial charge in [0.05, 0.1) is 17.0 Å². The summed E-state index contributed by atoms with van der Waals surface area (Å²) in [6, 6.07) is 24.4. The molecule has 3 aromatic carbocycles. The Balaban J connectivity index is 1.74. The third-order valence-corrected chi connectivity index (χ3v) is 5.41. The summed E-state index contributed by atoms with van der Waals surface area (Å²) in [7, 11) is 0. The van der Waals surface area contributed by atoms with Gasteiger partial charge in [-0.25, -0.2) is 4.99 Å². The van der Waals surface area contributed by atoms with E-state index in [1.807, 2.05) is 73.0 Å². The van der Waals surface area contributed by atoms with Crippen molar-refractivity contribution in [3.05, 3.63) is 95.6 Å². The van der Waals surface area contributed by atoms with Gasteiger partial charge in [-0.15, -0.1) is 11.8 Å². The van der Waals surface area contributed by atoms with Gasteiger partial charge in [0.1, 0.15) is 0 Å². The van der Waals surface area contributed by atoms with Gasteiger partial charge in [0.15, 0.2) is 0 Å². The lowest BCUT2D eigenvalue weighted by molar-refractivity contribution is -0.117. The molecule has 0 aliphatic carbocycles. The number of rotatable bonds is 4. The zero-order valence-electron chi connectivity index (χ0n) is 15.8. The molecule has 0 saturated carbocycles. The molecular formula is C23H19N3O2S. The molecule has 0 fully saturated rings. The highest BCUT2D eigenvalue weighted by molar-refractivity contribution is 7.98. The number of nitrogens with one attached hydrogen (secondary N) is 2. The van der Waals surface area contributed by atoms with Gasteiger partial charge in [0, 0.05) is 16.0 Å². The predicted molar refractivity (Wildman–Crippen MR) is 117 cm³/mol. The van der Waals surface area contributed by atoms with Crippen molar-refractivity contribution in [1.29, 1.82) is 0 Å². The average Bonchev–Trinajstić information content (AvgIpc) is 2.90. The lowest BCUT2D eigenvalue weighted by Crippen LogP contribution is -2.42. The topological polar surface area (TPSA) is 70.6 Å². The first-order valence-corrected chi connectivity index (χ1v) is 10.4. The number of carbonyl (C=O) groups is 2. The molecule has 0 radical (unpaired) electrons. The van der Waals surface area contributed by atoms with Crippen LogP contribution in [0, 0.1) is 0 Å². The lowest BCUT2D eigenvalue weighted by Gasteiger charge is -2.14. The number of aliphatic imine (C=N–C) groups is 1. The van der Waals surface area contributed by atoms with Crippen LogP contribution in [0.25, 0.3) is 0 Å². The molecule has 1 atom stereocenters. The maximum absolute atomic E-state index is 12.9. The second kappa shape index (κ2) is 8.32. The smallest absolute Gasteiger partial charge is 0.269 e. The van der Waals surface area contributed by atoms with Gasteiger partial charge in [-0.05, 0) is 24.5 Å². The van der Waals surface area contributed by atoms with Crippen LogP contribution in [0.5, 0.6) is 0 Å². The molecule has 4 rings (SSSR count). The standard InChI is InChI=1S/C23H19N3O2S/c1-29-19-14-8-6-12-17(19)22(27)26-21-23(28)24-18-13-7-5-11-16(18)20(25-21)15-9-3-2-4-10-15/h2-14,21H,1H3,(H,24,28)(H,26,27). The first-order valence-electron chi connectivity index (χ1n) is 9.15. The Labute approximate surface area is 173 Å². The number of benzodiazepines with no additional fused rings is 1. The Morgan fingerprint density at radius 2 is 1.66 bits per heavy atom. The van der Waals surface area contributed by atoms with E-state index in [4.69, 9.17) is 0 Å². The maximum atomic E-state index is 12.9. The van der Waals surface area contributed by atoms with Gasteiger partial charge in [0.2, 0.25) is 6.17 Å². The van der Waals surface area contributed by atoms with E-state index in [-0.39, 0.29) is 11.8 Å². The molecule has 1 heterocycles. The second-order valence-corrected chi connectivity index (χ2v) is 7.30. The van der Waals surface area contributed by atoms with Crippen LogP contribution in [0.15, 0.2) is 88.8 Å². The van der Waals surface area contributed by atoms with Crippen LogP contribution in [0.3, 0.4) is 0 Å². The number of amides is 2. The molecule has 0 aromatic heterocycles. The monoisotopic (exact) mass is 401 g/mol. The molecule has 29 heavy (non-hydrogen) atoms. The highest BCUT2D eigenvalue weighted by atomic mass is 32.2. The third-order valence-electron chi connectivity index (χ3n) is 4.61. The van der Waals surface area contributed by atoms with Crippen LogP contribution >= 0.6 is 11.8 Å². The highest BCUT2D eigenvalue weighted by Crippen LogP contribution is 2.24. The number of hydrogen-bond donors (Lipinski definition) is 2. The fourth-order valence-corrected chi connectivity index (χ4v) is 3.81. The summed E-state index contributed by atoms with van der Waals surface area (Å²) in [6.45, 7) is 0. The Morgan fingerprint density at radius 3 is 2.45 bits per heavy atom. The molecule has 2 amide bonds. The minimum absolute atomic E-state index is 0.336. The second-order valence-electron chi connectivity index (χ2n) is 6.45. The summed E-state index contributed by atoms with van der Waals surface area (Å²) in [5, 5.41) is 5.67. The van der Waals surface area contributed by atoms with E-state index in [0.29, 0.717) is 17.0 Å². The average molecular weight is 401 g/mol. The molecule has 1 aliphatic rings. The SMILES string of the molecule is CSc1ccccc1C(=O)NC1N=C(c2ccccc2)c2ccccc2NC1=O. The van der Waals surface area contributed by atoms with Gasteiger partial charge in [-0.2, -0.15) is 0 Å². The van der Waals surface area contributed by atoms with Crippen LogP contribution in [-0.2, 0) is 4.79 Å². The van der Waals surface area contributed by atoms with E-state index in [0.717, 1.165) is 16.0 Å². The molecule has 0 bridgehead atoms. The van der Waals surface area contributed by atoms with E-state index in [1.165, 1.54) is 11.8 Å². The summed E-state index contributed by atoms with van der Waals surface area (Å²) < 4.78 is 0. The van der Waals surface area contributed by atoms with Crippen molar-refractivity contribution in [2.24, 2.45) is 4.99 Å². The van der Waals surface area contributed by atoms with Crippen molar-refractivity contribution in [3.63, 3.8) is 0 Å². The van der Waals surface area contributed by atoms with Gasteiger partial charge in [-0.1, -0.05) is 60.7 Å². The number of para-hydroxylation sites is 1. The van der Waals surface area contributed by atoms with Crippen LogP contribution < -0.4 is 10.6 Å².